The third-order valence-electron chi connectivity index (χ3n) is 4.21. The second-order valence-electron chi connectivity index (χ2n) is 6.52. The maximum atomic E-state index is 12.6. The average molecular weight is 301 g/mol. The van der Waals surface area contributed by atoms with Crippen molar-refractivity contribution < 1.29 is 22.7 Å². The molecule has 0 aromatic carbocycles. The number of rotatable bonds is 2. The van der Waals surface area contributed by atoms with Gasteiger partial charge in [-0.2, -0.15) is 4.31 Å². The summed E-state index contributed by atoms with van der Waals surface area (Å²) in [5.74, 6) is -0.541. The number of esters is 1. The molecule has 6 nitrogen and oxygen atoms in total. The fourth-order valence-corrected chi connectivity index (χ4v) is 6.29. The van der Waals surface area contributed by atoms with E-state index in [1.165, 1.54) is 4.31 Å². The van der Waals surface area contributed by atoms with Crippen LogP contribution in [0.25, 0.3) is 0 Å². The monoisotopic (exact) mass is 301 g/mol. The fraction of sp³-hybridized carbons (Fsp3) is 0.769. The topological polar surface area (TPSA) is 72.9 Å². The summed E-state index contributed by atoms with van der Waals surface area (Å²) in [6, 6.07) is -0.423. The molecule has 3 fully saturated rings. The van der Waals surface area contributed by atoms with Crippen LogP contribution in [0.5, 0.6) is 0 Å². The van der Waals surface area contributed by atoms with Gasteiger partial charge in [0.15, 0.2) is 0 Å². The second-order valence-corrected chi connectivity index (χ2v) is 8.55. The van der Waals surface area contributed by atoms with E-state index in [4.69, 9.17) is 9.47 Å². The molecule has 3 heterocycles. The first-order valence-corrected chi connectivity index (χ1v) is 8.20. The predicted molar refractivity (Wildman–Crippen MR) is 71.4 cm³/mol. The molecule has 112 valence electrons. The van der Waals surface area contributed by atoms with Gasteiger partial charge in [0.2, 0.25) is 10.0 Å². The minimum Gasteiger partial charge on any atom is -0.455 e. The Kier molecular flexibility index (Phi) is 2.84. The van der Waals surface area contributed by atoms with Crippen LogP contribution in [0.3, 0.4) is 0 Å². The second kappa shape index (κ2) is 4.05. The molecule has 3 aliphatic heterocycles. The maximum absolute atomic E-state index is 12.6. The zero-order valence-corrected chi connectivity index (χ0v) is 12.6. The molecule has 20 heavy (non-hydrogen) atoms. The number of hydrogen-bond donors (Lipinski definition) is 0. The predicted octanol–water partition coefficient (Wildman–Crippen LogP) is 0.436. The van der Waals surface area contributed by atoms with E-state index in [0.29, 0.717) is 6.42 Å². The Morgan fingerprint density at radius 3 is 2.65 bits per heavy atom. The van der Waals surface area contributed by atoms with Crippen LogP contribution in [0, 0.1) is 0 Å². The Morgan fingerprint density at radius 2 is 2.10 bits per heavy atom. The number of sulfonamides is 1. The third kappa shape index (κ3) is 1.69. The van der Waals surface area contributed by atoms with Crippen LogP contribution in [-0.4, -0.2) is 53.8 Å². The largest absolute Gasteiger partial charge is 0.455 e. The van der Waals surface area contributed by atoms with E-state index in [9.17, 15) is 13.2 Å². The van der Waals surface area contributed by atoms with Gasteiger partial charge in [0.05, 0.1) is 18.2 Å². The molecule has 0 spiro atoms. The number of fused-ring (bicyclic) bond motifs is 1. The van der Waals surface area contributed by atoms with Gasteiger partial charge in [-0.25, -0.2) is 13.2 Å². The van der Waals surface area contributed by atoms with Gasteiger partial charge in [-0.15, -0.1) is 0 Å². The van der Waals surface area contributed by atoms with Crippen molar-refractivity contribution in [3.63, 3.8) is 0 Å². The van der Waals surface area contributed by atoms with Crippen molar-refractivity contribution in [3.05, 3.63) is 12.7 Å². The molecule has 0 aromatic heterocycles. The van der Waals surface area contributed by atoms with Crippen LogP contribution >= 0.6 is 0 Å². The van der Waals surface area contributed by atoms with Gasteiger partial charge in [-0.1, -0.05) is 6.58 Å². The standard InChI is InChI=1S/C13H19NO5S/c1-5-9(15)19-11-7-6-8-12(18-7)10(11)14(13(2,3)4)20(8,16)17/h5,7-8,10-12H,1,6H2,2-4H3. The molecular formula is C13H19NO5S. The van der Waals surface area contributed by atoms with E-state index in [-0.39, 0.29) is 6.10 Å². The van der Waals surface area contributed by atoms with Crippen molar-refractivity contribution in [2.24, 2.45) is 0 Å². The van der Waals surface area contributed by atoms with Crippen molar-refractivity contribution in [2.45, 2.75) is 62.3 Å². The Morgan fingerprint density at radius 1 is 1.45 bits per heavy atom. The summed E-state index contributed by atoms with van der Waals surface area (Å²) in [6.45, 7) is 8.90. The van der Waals surface area contributed by atoms with Crippen molar-refractivity contribution >= 4 is 16.0 Å². The minimum absolute atomic E-state index is 0.332. The van der Waals surface area contributed by atoms with Crippen LogP contribution in [0.15, 0.2) is 12.7 Å². The van der Waals surface area contributed by atoms with Gasteiger partial charge < -0.3 is 9.47 Å². The first-order chi connectivity index (χ1) is 9.17. The SMILES string of the molecule is C=CC(=O)OC1C2CC3C(O2)C1N(C(C)(C)C)S3(=O)=O. The molecule has 5 unspecified atom stereocenters. The summed E-state index contributed by atoms with van der Waals surface area (Å²) in [4.78, 5) is 11.5. The molecule has 7 heteroatoms. The third-order valence-corrected chi connectivity index (χ3v) is 6.78. The molecule has 0 N–H and O–H groups in total. The van der Waals surface area contributed by atoms with Crippen LogP contribution < -0.4 is 0 Å². The van der Waals surface area contributed by atoms with Gasteiger partial charge in [0, 0.05) is 11.6 Å². The number of hydrogen-bond acceptors (Lipinski definition) is 5. The smallest absolute Gasteiger partial charge is 0.330 e. The van der Waals surface area contributed by atoms with Gasteiger partial charge in [0.25, 0.3) is 0 Å². The highest BCUT2D eigenvalue weighted by Gasteiger charge is 2.70. The number of nitrogens with zero attached hydrogens (tertiary/aromatic N) is 1. The lowest BCUT2D eigenvalue weighted by molar-refractivity contribution is -0.147. The van der Waals surface area contributed by atoms with Crippen molar-refractivity contribution in [1.82, 2.24) is 4.31 Å². The highest BCUT2D eigenvalue weighted by molar-refractivity contribution is 7.90. The fourth-order valence-electron chi connectivity index (χ4n) is 3.66. The summed E-state index contributed by atoms with van der Waals surface area (Å²) >= 11 is 0. The number of ether oxygens (including phenoxy) is 2. The van der Waals surface area contributed by atoms with Crippen molar-refractivity contribution in [2.75, 3.05) is 0 Å². The Bertz CT molecular complexity index is 564. The summed E-state index contributed by atoms with van der Waals surface area (Å²) in [6.07, 6.45) is 0.214. The molecule has 3 aliphatic rings. The van der Waals surface area contributed by atoms with E-state index in [0.717, 1.165) is 6.08 Å². The summed E-state index contributed by atoms with van der Waals surface area (Å²) in [7, 11) is -3.41. The molecule has 0 aliphatic carbocycles. The Labute approximate surface area is 118 Å². The van der Waals surface area contributed by atoms with E-state index in [2.05, 4.69) is 6.58 Å². The van der Waals surface area contributed by atoms with Gasteiger partial charge in [-0.05, 0) is 27.2 Å². The zero-order valence-electron chi connectivity index (χ0n) is 11.8. The van der Waals surface area contributed by atoms with Crippen molar-refractivity contribution in [3.8, 4) is 0 Å². The average Bonchev–Trinajstić information content (AvgIpc) is 2.90. The van der Waals surface area contributed by atoms with Crippen LogP contribution in [0.1, 0.15) is 27.2 Å². The summed E-state index contributed by atoms with van der Waals surface area (Å²) < 4.78 is 37.9. The molecule has 0 amide bonds. The van der Waals surface area contributed by atoms with Crippen LogP contribution in [0.4, 0.5) is 0 Å². The summed E-state index contributed by atoms with van der Waals surface area (Å²) in [5, 5.41) is -0.504. The minimum atomic E-state index is -3.41. The van der Waals surface area contributed by atoms with E-state index >= 15 is 0 Å². The Hall–Kier alpha value is -0.920. The lowest BCUT2D eigenvalue weighted by Crippen LogP contribution is -2.53. The molecule has 3 saturated heterocycles. The van der Waals surface area contributed by atoms with Crippen LogP contribution in [-0.2, 0) is 24.3 Å². The molecule has 0 radical (unpaired) electrons. The number of carbonyl (C=O) groups excluding carboxylic acids is 1. The first-order valence-electron chi connectivity index (χ1n) is 6.70. The molecule has 0 saturated carbocycles. The first kappa shape index (κ1) is 14.0. The highest BCUT2D eigenvalue weighted by Crippen LogP contribution is 2.51. The highest BCUT2D eigenvalue weighted by atomic mass is 32.2. The van der Waals surface area contributed by atoms with Crippen LogP contribution in [0.2, 0.25) is 0 Å². The molecule has 2 bridgehead atoms. The van der Waals surface area contributed by atoms with E-state index in [1.54, 1.807) is 0 Å². The maximum Gasteiger partial charge on any atom is 0.330 e. The lowest BCUT2D eigenvalue weighted by atomic mass is 9.90. The molecule has 5 atom stereocenters. The van der Waals surface area contributed by atoms with Gasteiger partial charge >= 0.3 is 5.97 Å². The number of carbonyl (C=O) groups is 1. The van der Waals surface area contributed by atoms with E-state index in [1.807, 2.05) is 20.8 Å². The molecule has 3 rings (SSSR count). The summed E-state index contributed by atoms with van der Waals surface area (Å²) in [5.41, 5.74) is -0.572. The van der Waals surface area contributed by atoms with Gasteiger partial charge in [-0.3, -0.25) is 0 Å². The molecular weight excluding hydrogens is 282 g/mol. The quantitative estimate of drug-likeness (QED) is 0.546. The van der Waals surface area contributed by atoms with Crippen molar-refractivity contribution in [1.29, 1.82) is 0 Å². The zero-order chi connectivity index (χ0) is 14.9. The normalized spacial score (nSPS) is 41.9. The van der Waals surface area contributed by atoms with Gasteiger partial charge in [0.1, 0.15) is 11.4 Å². The lowest BCUT2D eigenvalue weighted by Gasteiger charge is -2.36. The molecule has 0 aromatic rings. The van der Waals surface area contributed by atoms with E-state index < -0.39 is 45.0 Å². The Balaban J connectivity index is 2.01.